The summed E-state index contributed by atoms with van der Waals surface area (Å²) in [5.74, 6) is -0.00138. The Bertz CT molecular complexity index is 631. The molecule has 0 saturated carbocycles. The van der Waals surface area contributed by atoms with E-state index in [-0.39, 0.29) is 12.5 Å². The van der Waals surface area contributed by atoms with Crippen LogP contribution in [0.15, 0.2) is 35.6 Å². The van der Waals surface area contributed by atoms with Gasteiger partial charge < -0.3 is 18.9 Å². The molecular formula is C18H22O6. The third-order valence-electron chi connectivity index (χ3n) is 3.78. The first kappa shape index (κ1) is 17.8. The van der Waals surface area contributed by atoms with Crippen molar-refractivity contribution in [3.8, 4) is 5.75 Å². The molecule has 1 heterocycles. The molecule has 0 saturated heterocycles. The van der Waals surface area contributed by atoms with Gasteiger partial charge in [0, 0.05) is 19.3 Å². The molecule has 1 aromatic rings. The smallest absolute Gasteiger partial charge is 0.338 e. The third-order valence-corrected chi connectivity index (χ3v) is 3.78. The second-order valence-corrected chi connectivity index (χ2v) is 5.41. The minimum Gasteiger partial charge on any atom is -0.497 e. The highest BCUT2D eigenvalue weighted by atomic mass is 16.7. The zero-order chi connectivity index (χ0) is 17.7. The lowest BCUT2D eigenvalue weighted by molar-refractivity contribution is -0.173. The Labute approximate surface area is 141 Å². The largest absolute Gasteiger partial charge is 0.497 e. The molecule has 0 unspecified atom stereocenters. The van der Waals surface area contributed by atoms with Crippen LogP contribution in [0.25, 0.3) is 0 Å². The fourth-order valence-electron chi connectivity index (χ4n) is 2.76. The third kappa shape index (κ3) is 4.07. The Balaban J connectivity index is 2.38. The summed E-state index contributed by atoms with van der Waals surface area (Å²) in [6.07, 6.45) is -0.384. The summed E-state index contributed by atoms with van der Waals surface area (Å²) < 4.78 is 21.1. The van der Waals surface area contributed by atoms with Gasteiger partial charge in [0.1, 0.15) is 11.5 Å². The molecule has 0 aromatic heterocycles. The molecule has 6 nitrogen and oxygen atoms in total. The van der Waals surface area contributed by atoms with E-state index in [0.717, 1.165) is 11.3 Å². The summed E-state index contributed by atoms with van der Waals surface area (Å²) in [7, 11) is 1.59. The molecule has 2 rings (SSSR count). The highest BCUT2D eigenvalue weighted by molar-refractivity contribution is 5.91. The molecule has 130 valence electrons. The monoisotopic (exact) mass is 334 g/mol. The van der Waals surface area contributed by atoms with Crippen molar-refractivity contribution < 1.29 is 28.5 Å². The molecule has 0 aliphatic carbocycles. The standard InChI is InChI=1S/C18H22O6/c1-5-22-18(20)17-11(2)23-16(24-12(3)19)10-15(17)13-6-8-14(21-4)9-7-13/h6-9,15-16H,5,10H2,1-4H3/t15-,16+/m0/s1. The summed E-state index contributed by atoms with van der Waals surface area (Å²) in [5, 5.41) is 0. The number of methoxy groups -OCH3 is 1. The second-order valence-electron chi connectivity index (χ2n) is 5.41. The number of carbonyl (C=O) groups excluding carboxylic acids is 2. The van der Waals surface area contributed by atoms with E-state index in [1.54, 1.807) is 21.0 Å². The van der Waals surface area contributed by atoms with Gasteiger partial charge in [-0.05, 0) is 31.5 Å². The Hall–Kier alpha value is -2.50. The van der Waals surface area contributed by atoms with E-state index in [1.807, 2.05) is 24.3 Å². The van der Waals surface area contributed by atoms with E-state index < -0.39 is 18.2 Å². The van der Waals surface area contributed by atoms with Gasteiger partial charge in [0.05, 0.1) is 19.3 Å². The molecule has 1 aliphatic rings. The van der Waals surface area contributed by atoms with Crippen LogP contribution < -0.4 is 4.74 Å². The molecule has 0 radical (unpaired) electrons. The highest BCUT2D eigenvalue weighted by Crippen LogP contribution is 2.38. The van der Waals surface area contributed by atoms with E-state index in [9.17, 15) is 9.59 Å². The van der Waals surface area contributed by atoms with E-state index in [0.29, 0.717) is 17.8 Å². The number of ether oxygens (including phenoxy) is 4. The fraction of sp³-hybridized carbons (Fsp3) is 0.444. The molecule has 2 atom stereocenters. The number of benzene rings is 1. The predicted molar refractivity (Wildman–Crippen MR) is 86.3 cm³/mol. The zero-order valence-electron chi connectivity index (χ0n) is 14.3. The van der Waals surface area contributed by atoms with E-state index in [1.165, 1.54) is 6.92 Å². The van der Waals surface area contributed by atoms with Crippen LogP contribution >= 0.6 is 0 Å². The summed E-state index contributed by atoms with van der Waals surface area (Å²) in [6.45, 7) is 5.03. The van der Waals surface area contributed by atoms with E-state index in [2.05, 4.69) is 0 Å². The van der Waals surface area contributed by atoms with Crippen LogP contribution in [-0.4, -0.2) is 31.9 Å². The van der Waals surface area contributed by atoms with Gasteiger partial charge >= 0.3 is 11.9 Å². The number of hydrogen-bond donors (Lipinski definition) is 0. The average molecular weight is 334 g/mol. The lowest BCUT2D eigenvalue weighted by Crippen LogP contribution is -2.31. The Kier molecular flexibility index (Phi) is 5.84. The first-order chi connectivity index (χ1) is 11.5. The zero-order valence-corrected chi connectivity index (χ0v) is 14.3. The van der Waals surface area contributed by atoms with Gasteiger partial charge in [-0.1, -0.05) is 12.1 Å². The summed E-state index contributed by atoms with van der Waals surface area (Å²) in [5.41, 5.74) is 1.35. The van der Waals surface area contributed by atoms with Crippen LogP contribution in [-0.2, 0) is 23.8 Å². The summed E-state index contributed by atoms with van der Waals surface area (Å²) in [4.78, 5) is 23.6. The van der Waals surface area contributed by atoms with Crippen molar-refractivity contribution in [1.82, 2.24) is 0 Å². The van der Waals surface area contributed by atoms with Gasteiger partial charge in [0.15, 0.2) is 0 Å². The van der Waals surface area contributed by atoms with Gasteiger partial charge in [0.25, 0.3) is 0 Å². The van der Waals surface area contributed by atoms with Crippen molar-refractivity contribution in [3.05, 3.63) is 41.2 Å². The first-order valence-corrected chi connectivity index (χ1v) is 7.82. The van der Waals surface area contributed by atoms with Crippen LogP contribution in [0.3, 0.4) is 0 Å². The van der Waals surface area contributed by atoms with Gasteiger partial charge in [-0.2, -0.15) is 0 Å². The SMILES string of the molecule is CCOC(=O)C1=C(C)O[C@H](OC(C)=O)C[C@H]1c1ccc(OC)cc1. The van der Waals surface area contributed by atoms with Gasteiger partial charge in [-0.15, -0.1) is 0 Å². The highest BCUT2D eigenvalue weighted by Gasteiger charge is 2.36. The Morgan fingerprint density at radius 3 is 2.46 bits per heavy atom. The average Bonchev–Trinajstić information content (AvgIpc) is 2.54. The molecule has 24 heavy (non-hydrogen) atoms. The molecular weight excluding hydrogens is 312 g/mol. The predicted octanol–water partition coefficient (Wildman–Crippen LogP) is 2.93. The maximum atomic E-state index is 12.4. The Morgan fingerprint density at radius 1 is 1.25 bits per heavy atom. The van der Waals surface area contributed by atoms with Crippen molar-refractivity contribution in [1.29, 1.82) is 0 Å². The van der Waals surface area contributed by atoms with Gasteiger partial charge in [-0.25, -0.2) is 4.79 Å². The normalized spacial score (nSPS) is 20.2. The van der Waals surface area contributed by atoms with E-state index >= 15 is 0 Å². The van der Waals surface area contributed by atoms with Gasteiger partial charge in [-0.3, -0.25) is 4.79 Å². The number of hydrogen-bond acceptors (Lipinski definition) is 6. The van der Waals surface area contributed by atoms with Crippen molar-refractivity contribution in [3.63, 3.8) is 0 Å². The fourth-order valence-corrected chi connectivity index (χ4v) is 2.76. The molecule has 0 spiro atoms. The molecule has 0 N–H and O–H groups in total. The van der Waals surface area contributed by atoms with Crippen LogP contribution in [0.4, 0.5) is 0 Å². The molecule has 1 aromatic carbocycles. The Morgan fingerprint density at radius 2 is 1.92 bits per heavy atom. The van der Waals surface area contributed by atoms with Crippen LogP contribution in [0.5, 0.6) is 5.75 Å². The molecule has 1 aliphatic heterocycles. The number of rotatable bonds is 5. The van der Waals surface area contributed by atoms with Crippen LogP contribution in [0.2, 0.25) is 0 Å². The van der Waals surface area contributed by atoms with Crippen molar-refractivity contribution in [2.75, 3.05) is 13.7 Å². The maximum absolute atomic E-state index is 12.4. The van der Waals surface area contributed by atoms with Crippen molar-refractivity contribution in [2.45, 2.75) is 39.4 Å². The molecule has 0 bridgehead atoms. The lowest BCUT2D eigenvalue weighted by Gasteiger charge is -2.32. The summed E-state index contributed by atoms with van der Waals surface area (Å²) >= 11 is 0. The van der Waals surface area contributed by atoms with E-state index in [4.69, 9.17) is 18.9 Å². The maximum Gasteiger partial charge on any atom is 0.338 e. The number of carbonyl (C=O) groups is 2. The minimum absolute atomic E-state index is 0.276. The number of esters is 2. The molecule has 6 heteroatoms. The van der Waals surface area contributed by atoms with Crippen molar-refractivity contribution >= 4 is 11.9 Å². The van der Waals surface area contributed by atoms with Gasteiger partial charge in [0.2, 0.25) is 6.29 Å². The van der Waals surface area contributed by atoms with Crippen LogP contribution in [0.1, 0.15) is 38.7 Å². The lowest BCUT2D eigenvalue weighted by atomic mass is 9.85. The quantitative estimate of drug-likeness (QED) is 0.771. The number of allylic oxidation sites excluding steroid dienone is 1. The van der Waals surface area contributed by atoms with Crippen LogP contribution in [0, 0.1) is 0 Å². The summed E-state index contributed by atoms with van der Waals surface area (Å²) in [6, 6.07) is 7.41. The molecule has 0 fully saturated rings. The molecule has 0 amide bonds. The minimum atomic E-state index is -0.729. The first-order valence-electron chi connectivity index (χ1n) is 7.82. The van der Waals surface area contributed by atoms with Crippen molar-refractivity contribution in [2.24, 2.45) is 0 Å². The topological polar surface area (TPSA) is 71.1 Å². The second kappa shape index (κ2) is 7.86.